The van der Waals surface area contributed by atoms with Crippen LogP contribution in [0, 0.1) is 0 Å². The highest BCUT2D eigenvalue weighted by atomic mass is 79.9. The van der Waals surface area contributed by atoms with E-state index < -0.39 is 6.08 Å². The summed E-state index contributed by atoms with van der Waals surface area (Å²) in [7, 11) is 0. The Bertz CT molecular complexity index is 250. The minimum atomic E-state index is -1.66. The average Bonchev–Trinajstić information content (AvgIpc) is 2.13. The molecule has 0 aliphatic heterocycles. The fourth-order valence-corrected chi connectivity index (χ4v) is 1.86. The molecule has 0 radical (unpaired) electrons. The van der Waals surface area contributed by atoms with Crippen LogP contribution >= 0.6 is 27.3 Å². The first kappa shape index (κ1) is 7.88. The zero-order valence-corrected chi connectivity index (χ0v) is 7.18. The molecule has 0 N–H and O–H groups in total. The van der Waals surface area contributed by atoms with Crippen molar-refractivity contribution < 1.29 is 8.78 Å². The summed E-state index contributed by atoms with van der Waals surface area (Å²) in [5.74, 6) is 0. The number of thiophene rings is 1. The maximum Gasteiger partial charge on any atom is 0.271 e. The van der Waals surface area contributed by atoms with Gasteiger partial charge in [-0.25, -0.2) is 0 Å². The molecule has 1 aromatic heterocycles. The van der Waals surface area contributed by atoms with Crippen LogP contribution in [-0.2, 0) is 0 Å². The molecular weight excluding hydrogens is 222 g/mol. The van der Waals surface area contributed by atoms with Crippen LogP contribution in [0.15, 0.2) is 22.0 Å². The van der Waals surface area contributed by atoms with Crippen molar-refractivity contribution in [3.8, 4) is 0 Å². The van der Waals surface area contributed by atoms with Gasteiger partial charge in [-0.2, -0.15) is 8.78 Å². The lowest BCUT2D eigenvalue weighted by molar-refractivity contribution is 0.429. The van der Waals surface area contributed by atoms with Gasteiger partial charge >= 0.3 is 0 Å². The van der Waals surface area contributed by atoms with Crippen molar-refractivity contribution in [1.29, 1.82) is 0 Å². The first-order chi connectivity index (χ1) is 4.68. The predicted molar refractivity (Wildman–Crippen MR) is 42.2 cm³/mol. The van der Waals surface area contributed by atoms with Gasteiger partial charge in [-0.05, 0) is 22.0 Å². The molecule has 0 atom stereocenters. The second-order valence-electron chi connectivity index (χ2n) is 1.60. The van der Waals surface area contributed by atoms with Crippen molar-refractivity contribution in [2.75, 3.05) is 0 Å². The van der Waals surface area contributed by atoms with E-state index >= 15 is 0 Å². The molecule has 1 rings (SSSR count). The standard InChI is InChI=1S/C6H3BrF2S/c7-4-1-5(10-3-4)2-6(8)9/h1-3H. The van der Waals surface area contributed by atoms with Gasteiger partial charge in [0.05, 0.1) is 0 Å². The third-order valence-corrected chi connectivity index (χ3v) is 2.48. The van der Waals surface area contributed by atoms with E-state index in [9.17, 15) is 8.78 Å². The number of hydrogen-bond acceptors (Lipinski definition) is 1. The summed E-state index contributed by atoms with van der Waals surface area (Å²) >= 11 is 4.43. The molecule has 0 fully saturated rings. The molecule has 1 aromatic rings. The first-order valence-electron chi connectivity index (χ1n) is 2.45. The Morgan fingerprint density at radius 3 is 2.70 bits per heavy atom. The van der Waals surface area contributed by atoms with Gasteiger partial charge in [0.15, 0.2) is 0 Å². The van der Waals surface area contributed by atoms with E-state index in [1.807, 2.05) is 0 Å². The Kier molecular flexibility index (Phi) is 2.56. The monoisotopic (exact) mass is 224 g/mol. The second kappa shape index (κ2) is 3.25. The Balaban J connectivity index is 2.86. The molecule has 0 amide bonds. The van der Waals surface area contributed by atoms with Gasteiger partial charge in [-0.3, -0.25) is 0 Å². The largest absolute Gasteiger partial charge is 0.271 e. The lowest BCUT2D eigenvalue weighted by atomic mass is 10.5. The predicted octanol–water partition coefficient (Wildman–Crippen LogP) is 3.75. The van der Waals surface area contributed by atoms with Crippen LogP contribution in [-0.4, -0.2) is 0 Å². The van der Waals surface area contributed by atoms with Gasteiger partial charge in [0.2, 0.25) is 0 Å². The fourth-order valence-electron chi connectivity index (χ4n) is 0.512. The van der Waals surface area contributed by atoms with Crippen LogP contribution in [0.5, 0.6) is 0 Å². The van der Waals surface area contributed by atoms with Gasteiger partial charge in [0.25, 0.3) is 6.08 Å². The van der Waals surface area contributed by atoms with E-state index in [-0.39, 0.29) is 0 Å². The van der Waals surface area contributed by atoms with E-state index in [0.717, 1.165) is 10.5 Å². The molecule has 54 valence electrons. The van der Waals surface area contributed by atoms with Gasteiger partial charge in [-0.1, -0.05) is 0 Å². The summed E-state index contributed by atoms with van der Waals surface area (Å²) in [4.78, 5) is 0.562. The molecule has 0 aromatic carbocycles. The summed E-state index contributed by atoms with van der Waals surface area (Å²) in [5.41, 5.74) is 0. The molecule has 0 spiro atoms. The number of rotatable bonds is 1. The van der Waals surface area contributed by atoms with Crippen LogP contribution in [0.3, 0.4) is 0 Å². The highest BCUT2D eigenvalue weighted by Gasteiger charge is 1.95. The Morgan fingerprint density at radius 1 is 1.60 bits per heavy atom. The van der Waals surface area contributed by atoms with Crippen molar-refractivity contribution in [3.05, 3.63) is 26.9 Å². The lowest BCUT2D eigenvalue weighted by Gasteiger charge is -1.78. The fraction of sp³-hybridized carbons (Fsp3) is 0. The van der Waals surface area contributed by atoms with E-state index in [4.69, 9.17) is 0 Å². The van der Waals surface area contributed by atoms with E-state index in [1.54, 1.807) is 11.4 Å². The Morgan fingerprint density at radius 2 is 2.30 bits per heavy atom. The van der Waals surface area contributed by atoms with E-state index in [0.29, 0.717) is 4.88 Å². The second-order valence-corrected chi connectivity index (χ2v) is 3.46. The molecule has 0 unspecified atom stereocenters. The molecule has 1 heterocycles. The molecule has 0 saturated heterocycles. The molecule has 0 nitrogen and oxygen atoms in total. The van der Waals surface area contributed by atoms with Crippen LogP contribution in [0.25, 0.3) is 6.08 Å². The van der Waals surface area contributed by atoms with Crippen LogP contribution in [0.2, 0.25) is 0 Å². The normalized spacial score (nSPS) is 9.50. The molecular formula is C6H3BrF2S. The van der Waals surface area contributed by atoms with Gasteiger partial charge in [0.1, 0.15) is 0 Å². The highest BCUT2D eigenvalue weighted by Crippen LogP contribution is 2.22. The third-order valence-electron chi connectivity index (χ3n) is 0.839. The molecule has 0 bridgehead atoms. The quantitative estimate of drug-likeness (QED) is 0.682. The first-order valence-corrected chi connectivity index (χ1v) is 4.12. The molecule has 4 heteroatoms. The summed E-state index contributed by atoms with van der Waals surface area (Å²) in [6, 6.07) is 1.64. The van der Waals surface area contributed by atoms with Crippen molar-refractivity contribution in [2.45, 2.75) is 0 Å². The van der Waals surface area contributed by atoms with E-state index in [1.165, 1.54) is 11.3 Å². The summed E-state index contributed by atoms with van der Waals surface area (Å²) in [6.45, 7) is 0. The van der Waals surface area contributed by atoms with Gasteiger partial charge in [-0.15, -0.1) is 11.3 Å². The molecule has 0 saturated carbocycles. The van der Waals surface area contributed by atoms with Crippen molar-refractivity contribution in [3.63, 3.8) is 0 Å². The molecule has 10 heavy (non-hydrogen) atoms. The van der Waals surface area contributed by atoms with Crippen LogP contribution in [0.1, 0.15) is 4.88 Å². The Labute approximate surface area is 69.3 Å². The zero-order valence-electron chi connectivity index (χ0n) is 4.77. The van der Waals surface area contributed by atoms with Crippen LogP contribution in [0.4, 0.5) is 8.78 Å². The Hall–Kier alpha value is -0.220. The summed E-state index contributed by atoms with van der Waals surface area (Å²) in [5, 5.41) is 1.76. The van der Waals surface area contributed by atoms with E-state index in [2.05, 4.69) is 15.9 Å². The summed E-state index contributed by atoms with van der Waals surface area (Å²) in [6.07, 6.45) is -0.815. The molecule has 0 aliphatic carbocycles. The minimum Gasteiger partial charge on any atom is -0.173 e. The zero-order chi connectivity index (χ0) is 7.56. The highest BCUT2D eigenvalue weighted by molar-refractivity contribution is 9.10. The average molecular weight is 225 g/mol. The van der Waals surface area contributed by atoms with Crippen LogP contribution < -0.4 is 0 Å². The SMILES string of the molecule is FC(F)=Cc1cc(Br)cs1. The number of halogens is 3. The van der Waals surface area contributed by atoms with Gasteiger partial charge < -0.3 is 0 Å². The molecule has 0 aliphatic rings. The number of hydrogen-bond donors (Lipinski definition) is 0. The van der Waals surface area contributed by atoms with Crippen molar-refractivity contribution in [2.24, 2.45) is 0 Å². The maximum atomic E-state index is 11.6. The maximum absolute atomic E-state index is 11.6. The summed E-state index contributed by atoms with van der Waals surface area (Å²) < 4.78 is 24.0. The van der Waals surface area contributed by atoms with Crippen molar-refractivity contribution >= 4 is 33.3 Å². The minimum absolute atomic E-state index is 0.562. The van der Waals surface area contributed by atoms with Crippen molar-refractivity contribution in [1.82, 2.24) is 0 Å². The smallest absolute Gasteiger partial charge is 0.173 e. The van der Waals surface area contributed by atoms with Gasteiger partial charge in [0, 0.05) is 20.8 Å². The lowest BCUT2D eigenvalue weighted by Crippen LogP contribution is -1.57. The third kappa shape index (κ3) is 2.19. The topological polar surface area (TPSA) is 0 Å².